The molecule has 0 spiro atoms. The zero-order valence-electron chi connectivity index (χ0n) is 11.4. The fourth-order valence-electron chi connectivity index (χ4n) is 1.98. The smallest absolute Gasteiger partial charge is 0.281 e. The predicted octanol–water partition coefficient (Wildman–Crippen LogP) is 1.83. The Morgan fingerprint density at radius 3 is 2.86 bits per heavy atom. The number of nitrogens with one attached hydrogen (secondary N) is 2. The lowest BCUT2D eigenvalue weighted by molar-refractivity contribution is -0.383. The predicted molar refractivity (Wildman–Crippen MR) is 75.5 cm³/mol. The molecule has 21 heavy (non-hydrogen) atoms. The second-order valence-electron chi connectivity index (χ2n) is 4.39. The number of non-ortho nitro benzene ring substituents is 1. The Labute approximate surface area is 119 Å². The first-order chi connectivity index (χ1) is 9.95. The number of benzene rings is 1. The highest BCUT2D eigenvalue weighted by Crippen LogP contribution is 2.32. The van der Waals surface area contributed by atoms with Crippen molar-refractivity contribution < 1.29 is 14.1 Å². The van der Waals surface area contributed by atoms with Gasteiger partial charge >= 0.3 is 0 Å². The second-order valence-corrected chi connectivity index (χ2v) is 4.39. The molecule has 2 rings (SSSR count). The summed E-state index contributed by atoms with van der Waals surface area (Å²) in [6.45, 7) is 1.55. The van der Waals surface area contributed by atoms with E-state index in [1.807, 2.05) is 0 Å². The average molecular weight is 292 g/mol. The molecule has 0 saturated carbocycles. The minimum absolute atomic E-state index is 0.0349. The highest BCUT2D eigenvalue weighted by atomic mass is 19.1. The van der Waals surface area contributed by atoms with Gasteiger partial charge in [-0.15, -0.1) is 0 Å². The summed E-state index contributed by atoms with van der Waals surface area (Å²) in [5.41, 5.74) is -0.291. The molecule has 8 heteroatoms. The van der Waals surface area contributed by atoms with Crippen LogP contribution in [0.3, 0.4) is 0 Å². The van der Waals surface area contributed by atoms with E-state index in [1.54, 1.807) is 6.92 Å². The van der Waals surface area contributed by atoms with Gasteiger partial charge in [0.1, 0.15) is 11.6 Å². The molecule has 1 aromatic heterocycles. The van der Waals surface area contributed by atoms with Gasteiger partial charge in [-0.05, 0) is 19.1 Å². The maximum absolute atomic E-state index is 14.1. The molecular weight excluding hydrogens is 279 g/mol. The van der Waals surface area contributed by atoms with Crippen molar-refractivity contribution in [1.82, 2.24) is 10.3 Å². The van der Waals surface area contributed by atoms with Crippen LogP contribution in [0, 0.1) is 15.9 Å². The summed E-state index contributed by atoms with van der Waals surface area (Å²) in [5, 5.41) is 16.3. The first-order valence-electron chi connectivity index (χ1n) is 6.15. The van der Waals surface area contributed by atoms with E-state index in [2.05, 4.69) is 15.6 Å². The number of hydrogen-bond acceptors (Lipinski definition) is 5. The Hall–Kier alpha value is -2.77. The number of nitrogens with zero attached hydrogens (tertiary/aromatic N) is 2. The molecule has 0 bridgehead atoms. The summed E-state index contributed by atoms with van der Waals surface area (Å²) in [5.74, 6) is -1.17. The van der Waals surface area contributed by atoms with Crippen molar-refractivity contribution in [1.29, 1.82) is 0 Å². The summed E-state index contributed by atoms with van der Waals surface area (Å²) in [6.07, 6.45) is 1.40. The van der Waals surface area contributed by atoms with E-state index in [-0.39, 0.29) is 28.2 Å². The first kappa shape index (κ1) is 14.6. The zero-order chi connectivity index (χ0) is 15.6. The standard InChI is InChI=1S/C13H13FN4O3/c1-7(13(19)15-2)17-12-9(14)6-10(18(20)21)8-4-3-5-16-11(8)12/h3-7,17H,1-2H3,(H,15,19). The van der Waals surface area contributed by atoms with Gasteiger partial charge in [0, 0.05) is 13.2 Å². The molecule has 1 heterocycles. The summed E-state index contributed by atoms with van der Waals surface area (Å²) in [6, 6.07) is 3.12. The largest absolute Gasteiger partial charge is 0.370 e. The van der Waals surface area contributed by atoms with Crippen molar-refractivity contribution >= 4 is 28.2 Å². The molecule has 1 unspecified atom stereocenters. The first-order valence-corrected chi connectivity index (χ1v) is 6.15. The van der Waals surface area contributed by atoms with Gasteiger partial charge in [0.2, 0.25) is 5.91 Å². The van der Waals surface area contributed by atoms with Crippen molar-refractivity contribution in [3.63, 3.8) is 0 Å². The van der Waals surface area contributed by atoms with E-state index in [4.69, 9.17) is 0 Å². The number of carbonyl (C=O) groups excluding carboxylic acids is 1. The molecular formula is C13H13FN4O3. The van der Waals surface area contributed by atoms with E-state index in [0.717, 1.165) is 6.07 Å². The Morgan fingerprint density at radius 1 is 1.52 bits per heavy atom. The highest BCUT2D eigenvalue weighted by molar-refractivity contribution is 5.98. The van der Waals surface area contributed by atoms with Gasteiger partial charge in [-0.2, -0.15) is 0 Å². The number of nitro benzene ring substituents is 1. The van der Waals surface area contributed by atoms with Crippen molar-refractivity contribution in [2.45, 2.75) is 13.0 Å². The third kappa shape index (κ3) is 2.73. The Bertz CT molecular complexity index is 720. The number of likely N-dealkylation sites (N-methyl/N-ethyl adjacent to an activating group) is 1. The number of carbonyl (C=O) groups is 1. The van der Waals surface area contributed by atoms with Gasteiger partial charge in [-0.25, -0.2) is 4.39 Å². The molecule has 1 amide bonds. The topological polar surface area (TPSA) is 97.2 Å². The fraction of sp³-hybridized carbons (Fsp3) is 0.231. The lowest BCUT2D eigenvalue weighted by Gasteiger charge is -2.15. The number of hydrogen-bond donors (Lipinski definition) is 2. The number of fused-ring (bicyclic) bond motifs is 1. The monoisotopic (exact) mass is 292 g/mol. The van der Waals surface area contributed by atoms with Gasteiger partial charge in [0.15, 0.2) is 5.82 Å². The molecule has 2 N–H and O–H groups in total. The van der Waals surface area contributed by atoms with Crippen LogP contribution in [0.2, 0.25) is 0 Å². The number of anilines is 1. The summed E-state index contributed by atoms with van der Waals surface area (Å²) < 4.78 is 14.1. The van der Waals surface area contributed by atoms with E-state index in [1.165, 1.54) is 25.4 Å². The minimum Gasteiger partial charge on any atom is -0.370 e. The number of pyridine rings is 1. The third-order valence-electron chi connectivity index (χ3n) is 3.02. The molecule has 0 aliphatic rings. The quantitative estimate of drug-likeness (QED) is 0.662. The number of rotatable bonds is 4. The van der Waals surface area contributed by atoms with Crippen molar-refractivity contribution in [3.8, 4) is 0 Å². The molecule has 0 aliphatic carbocycles. The number of amides is 1. The van der Waals surface area contributed by atoms with Gasteiger partial charge in [0.05, 0.1) is 22.1 Å². The van der Waals surface area contributed by atoms with E-state index in [0.29, 0.717) is 0 Å². The number of aromatic nitrogens is 1. The number of nitro groups is 1. The van der Waals surface area contributed by atoms with Crippen LogP contribution >= 0.6 is 0 Å². The lowest BCUT2D eigenvalue weighted by atomic mass is 10.1. The molecule has 1 aromatic carbocycles. The maximum Gasteiger partial charge on any atom is 0.281 e. The van der Waals surface area contributed by atoms with Gasteiger partial charge in [-0.1, -0.05) is 0 Å². The van der Waals surface area contributed by atoms with Crippen LogP contribution in [0.1, 0.15) is 6.92 Å². The number of halogens is 1. The van der Waals surface area contributed by atoms with E-state index in [9.17, 15) is 19.3 Å². The second kappa shape index (κ2) is 5.70. The van der Waals surface area contributed by atoms with Crippen molar-refractivity contribution in [2.75, 3.05) is 12.4 Å². The van der Waals surface area contributed by atoms with Crippen molar-refractivity contribution in [3.05, 3.63) is 40.3 Å². The van der Waals surface area contributed by atoms with Crippen LogP contribution in [0.25, 0.3) is 10.9 Å². The lowest BCUT2D eigenvalue weighted by Crippen LogP contribution is -2.35. The average Bonchev–Trinajstić information content (AvgIpc) is 2.48. The molecule has 0 saturated heterocycles. The van der Waals surface area contributed by atoms with Crippen LogP contribution in [0.5, 0.6) is 0 Å². The molecule has 0 radical (unpaired) electrons. The van der Waals surface area contributed by atoms with E-state index < -0.39 is 16.8 Å². The third-order valence-corrected chi connectivity index (χ3v) is 3.02. The van der Waals surface area contributed by atoms with Crippen LogP contribution in [-0.2, 0) is 4.79 Å². The molecule has 7 nitrogen and oxygen atoms in total. The van der Waals surface area contributed by atoms with Gasteiger partial charge < -0.3 is 10.6 Å². The molecule has 110 valence electrons. The van der Waals surface area contributed by atoms with Crippen LogP contribution < -0.4 is 10.6 Å². The van der Waals surface area contributed by atoms with Crippen LogP contribution in [0.15, 0.2) is 24.4 Å². The highest BCUT2D eigenvalue weighted by Gasteiger charge is 2.22. The molecule has 0 aliphatic heterocycles. The fourth-order valence-corrected chi connectivity index (χ4v) is 1.98. The summed E-state index contributed by atoms with van der Waals surface area (Å²) in [7, 11) is 1.46. The van der Waals surface area contributed by atoms with Crippen LogP contribution in [-0.4, -0.2) is 28.9 Å². The normalized spacial score (nSPS) is 12.0. The Morgan fingerprint density at radius 2 is 2.24 bits per heavy atom. The zero-order valence-corrected chi connectivity index (χ0v) is 11.4. The van der Waals surface area contributed by atoms with Crippen molar-refractivity contribution in [2.24, 2.45) is 0 Å². The van der Waals surface area contributed by atoms with Gasteiger partial charge in [0.25, 0.3) is 5.69 Å². The molecule has 0 fully saturated rings. The summed E-state index contributed by atoms with van der Waals surface area (Å²) >= 11 is 0. The van der Waals surface area contributed by atoms with Crippen LogP contribution in [0.4, 0.5) is 15.8 Å². The maximum atomic E-state index is 14.1. The Balaban J connectivity index is 2.59. The SMILES string of the molecule is CNC(=O)C(C)Nc1c(F)cc([N+](=O)[O-])c2cccnc12. The summed E-state index contributed by atoms with van der Waals surface area (Å²) in [4.78, 5) is 25.8. The minimum atomic E-state index is -0.830. The Kier molecular flexibility index (Phi) is 3.97. The molecule has 1 atom stereocenters. The molecule has 2 aromatic rings. The van der Waals surface area contributed by atoms with Gasteiger partial charge in [-0.3, -0.25) is 19.9 Å². The van der Waals surface area contributed by atoms with E-state index >= 15 is 0 Å².